The molecule has 16 heavy (non-hydrogen) atoms. The second-order valence-corrected chi connectivity index (χ2v) is 5.50. The van der Waals surface area contributed by atoms with Crippen LogP contribution in [0.3, 0.4) is 0 Å². The van der Waals surface area contributed by atoms with Gasteiger partial charge >= 0.3 is 6.61 Å². The topological polar surface area (TPSA) is 26.3 Å². The highest BCUT2D eigenvalue weighted by molar-refractivity contribution is 5.86. The Kier molecular flexibility index (Phi) is 4.42. The summed E-state index contributed by atoms with van der Waals surface area (Å²) in [6, 6.07) is 0. The number of halogens is 2. The molecular formula is C12H20F2O2. The van der Waals surface area contributed by atoms with Gasteiger partial charge in [-0.1, -0.05) is 27.2 Å². The highest BCUT2D eigenvalue weighted by Gasteiger charge is 2.34. The highest BCUT2D eigenvalue weighted by Crippen LogP contribution is 2.33. The maximum Gasteiger partial charge on any atom is 0.345 e. The fraction of sp³-hybridized carbons (Fsp3) is 0.917. The van der Waals surface area contributed by atoms with Gasteiger partial charge in [0.05, 0.1) is 6.10 Å². The lowest BCUT2D eigenvalue weighted by Gasteiger charge is -2.31. The van der Waals surface area contributed by atoms with E-state index in [0.29, 0.717) is 12.8 Å². The SMILES string of the molecule is CC(C)(C)C(=O)C1CCCC(OC(F)F)C1. The normalized spacial score (nSPS) is 27.1. The van der Waals surface area contributed by atoms with Crippen LogP contribution >= 0.6 is 0 Å². The minimum atomic E-state index is -2.73. The Morgan fingerprint density at radius 3 is 2.44 bits per heavy atom. The number of carbonyl (C=O) groups excluding carboxylic acids is 1. The van der Waals surface area contributed by atoms with Gasteiger partial charge < -0.3 is 4.74 Å². The van der Waals surface area contributed by atoms with Crippen LogP contribution in [-0.4, -0.2) is 18.5 Å². The standard InChI is InChI=1S/C12H20F2O2/c1-12(2,3)10(15)8-5-4-6-9(7-8)16-11(13)14/h8-9,11H,4-7H2,1-3H3. The molecule has 0 saturated heterocycles. The minimum Gasteiger partial charge on any atom is -0.320 e. The molecule has 0 aromatic heterocycles. The van der Waals surface area contributed by atoms with Crippen molar-refractivity contribution in [2.75, 3.05) is 0 Å². The molecule has 1 aliphatic rings. The van der Waals surface area contributed by atoms with E-state index in [1.54, 1.807) is 0 Å². The van der Waals surface area contributed by atoms with Gasteiger partial charge in [-0.25, -0.2) is 0 Å². The van der Waals surface area contributed by atoms with Gasteiger partial charge in [-0.15, -0.1) is 0 Å². The molecule has 2 nitrogen and oxygen atoms in total. The number of ketones is 1. The smallest absolute Gasteiger partial charge is 0.320 e. The number of Topliss-reactive ketones (excluding diaryl/α,β-unsaturated/α-hetero) is 1. The van der Waals surface area contributed by atoms with Crippen molar-refractivity contribution in [2.45, 2.75) is 59.2 Å². The molecule has 2 unspecified atom stereocenters. The van der Waals surface area contributed by atoms with Gasteiger partial charge in [-0.05, 0) is 19.3 Å². The lowest BCUT2D eigenvalue weighted by atomic mass is 9.75. The molecule has 1 saturated carbocycles. The average Bonchev–Trinajstić information content (AvgIpc) is 2.14. The first-order chi connectivity index (χ1) is 7.30. The third-order valence-corrected chi connectivity index (χ3v) is 3.03. The lowest BCUT2D eigenvalue weighted by Crippen LogP contribution is -2.34. The first kappa shape index (κ1) is 13.6. The third kappa shape index (κ3) is 3.81. The first-order valence-corrected chi connectivity index (χ1v) is 5.78. The quantitative estimate of drug-likeness (QED) is 0.748. The van der Waals surface area contributed by atoms with E-state index in [4.69, 9.17) is 0 Å². The number of rotatable bonds is 3. The molecule has 4 heteroatoms. The van der Waals surface area contributed by atoms with Crippen LogP contribution in [-0.2, 0) is 9.53 Å². The highest BCUT2D eigenvalue weighted by atomic mass is 19.3. The van der Waals surface area contributed by atoms with Crippen LogP contribution in [0.15, 0.2) is 0 Å². The molecule has 0 radical (unpaired) electrons. The second-order valence-electron chi connectivity index (χ2n) is 5.50. The summed E-state index contributed by atoms with van der Waals surface area (Å²) < 4.78 is 28.6. The van der Waals surface area contributed by atoms with Crippen molar-refractivity contribution in [3.05, 3.63) is 0 Å². The Morgan fingerprint density at radius 2 is 1.94 bits per heavy atom. The van der Waals surface area contributed by atoms with Gasteiger partial charge in [0.2, 0.25) is 0 Å². The molecule has 0 bridgehead atoms. The molecule has 0 spiro atoms. The van der Waals surface area contributed by atoms with E-state index in [9.17, 15) is 13.6 Å². The predicted octanol–water partition coefficient (Wildman–Crippen LogP) is 3.40. The van der Waals surface area contributed by atoms with E-state index in [2.05, 4.69) is 4.74 Å². The van der Waals surface area contributed by atoms with Crippen molar-refractivity contribution >= 4 is 5.78 Å². The fourth-order valence-corrected chi connectivity index (χ4v) is 2.26. The van der Waals surface area contributed by atoms with Gasteiger partial charge in [0.1, 0.15) is 5.78 Å². The predicted molar refractivity (Wildman–Crippen MR) is 57.3 cm³/mol. The van der Waals surface area contributed by atoms with Crippen molar-refractivity contribution < 1.29 is 18.3 Å². The summed E-state index contributed by atoms with van der Waals surface area (Å²) in [4.78, 5) is 12.0. The van der Waals surface area contributed by atoms with Crippen molar-refractivity contribution in [2.24, 2.45) is 11.3 Å². The van der Waals surface area contributed by atoms with Crippen LogP contribution < -0.4 is 0 Å². The molecule has 0 aromatic carbocycles. The van der Waals surface area contributed by atoms with Gasteiger partial charge in [0.25, 0.3) is 0 Å². The maximum atomic E-state index is 12.1. The Labute approximate surface area is 95.4 Å². The van der Waals surface area contributed by atoms with Crippen LogP contribution in [0.25, 0.3) is 0 Å². The van der Waals surface area contributed by atoms with Gasteiger partial charge in [0, 0.05) is 11.3 Å². The van der Waals surface area contributed by atoms with E-state index in [1.807, 2.05) is 20.8 Å². The van der Waals surface area contributed by atoms with Crippen LogP contribution in [0.2, 0.25) is 0 Å². The van der Waals surface area contributed by atoms with E-state index in [-0.39, 0.29) is 11.7 Å². The van der Waals surface area contributed by atoms with Gasteiger partial charge in [0.15, 0.2) is 0 Å². The molecular weight excluding hydrogens is 214 g/mol. The van der Waals surface area contributed by atoms with Crippen LogP contribution in [0, 0.1) is 11.3 Å². The number of hydrogen-bond donors (Lipinski definition) is 0. The zero-order valence-corrected chi connectivity index (χ0v) is 10.1. The summed E-state index contributed by atoms with van der Waals surface area (Å²) in [6.07, 6.45) is 2.23. The minimum absolute atomic E-state index is 0.113. The number of alkyl halides is 2. The van der Waals surface area contributed by atoms with Crippen LogP contribution in [0.4, 0.5) is 8.78 Å². The van der Waals surface area contributed by atoms with E-state index < -0.39 is 18.1 Å². The second kappa shape index (κ2) is 5.21. The van der Waals surface area contributed by atoms with Crippen LogP contribution in [0.5, 0.6) is 0 Å². The van der Waals surface area contributed by atoms with Crippen molar-refractivity contribution in [3.8, 4) is 0 Å². The van der Waals surface area contributed by atoms with E-state index in [0.717, 1.165) is 12.8 Å². The van der Waals surface area contributed by atoms with Gasteiger partial charge in [-0.3, -0.25) is 4.79 Å². The van der Waals surface area contributed by atoms with Crippen molar-refractivity contribution in [3.63, 3.8) is 0 Å². The van der Waals surface area contributed by atoms with Crippen molar-refractivity contribution in [1.29, 1.82) is 0 Å². The summed E-state index contributed by atoms with van der Waals surface area (Å²) in [5.74, 6) is 0.0487. The van der Waals surface area contributed by atoms with Crippen LogP contribution in [0.1, 0.15) is 46.5 Å². The molecule has 0 amide bonds. The van der Waals surface area contributed by atoms with Crippen molar-refractivity contribution in [1.82, 2.24) is 0 Å². The zero-order valence-electron chi connectivity index (χ0n) is 10.1. The monoisotopic (exact) mass is 234 g/mol. The lowest BCUT2D eigenvalue weighted by molar-refractivity contribution is -0.175. The molecule has 0 heterocycles. The summed E-state index contributed by atoms with van der Waals surface area (Å²) in [5, 5.41) is 0. The van der Waals surface area contributed by atoms with E-state index >= 15 is 0 Å². The van der Waals surface area contributed by atoms with E-state index in [1.165, 1.54) is 0 Å². The van der Waals surface area contributed by atoms with Gasteiger partial charge in [-0.2, -0.15) is 8.78 Å². The Bertz CT molecular complexity index is 246. The zero-order chi connectivity index (χ0) is 12.3. The molecule has 94 valence electrons. The molecule has 0 aromatic rings. The summed E-state index contributed by atoms with van der Waals surface area (Å²) in [7, 11) is 0. The molecule has 1 aliphatic carbocycles. The molecule has 2 atom stereocenters. The third-order valence-electron chi connectivity index (χ3n) is 3.03. The number of carbonyl (C=O) groups is 1. The summed E-state index contributed by atoms with van der Waals surface area (Å²) in [5.41, 5.74) is -0.391. The number of hydrogen-bond acceptors (Lipinski definition) is 2. The summed E-state index contributed by atoms with van der Waals surface area (Å²) >= 11 is 0. The first-order valence-electron chi connectivity index (χ1n) is 5.78. The largest absolute Gasteiger partial charge is 0.345 e. The molecule has 1 fully saturated rings. The Balaban J connectivity index is 2.54. The summed E-state index contributed by atoms with van der Waals surface area (Å²) in [6.45, 7) is 2.88. The Hall–Kier alpha value is -0.510. The fourth-order valence-electron chi connectivity index (χ4n) is 2.26. The molecule has 0 N–H and O–H groups in total. The molecule has 0 aliphatic heterocycles. The maximum absolute atomic E-state index is 12.1. The number of ether oxygens (including phenoxy) is 1. The Morgan fingerprint density at radius 1 is 1.31 bits per heavy atom. The average molecular weight is 234 g/mol. The molecule has 1 rings (SSSR count).